The fraction of sp³-hybridized carbons (Fsp3) is 0.714. The molecule has 1 aliphatic heterocycles. The molecule has 1 saturated carbocycles. The summed E-state index contributed by atoms with van der Waals surface area (Å²) >= 11 is 0. The molecule has 0 spiro atoms. The Labute approximate surface area is 108 Å². The van der Waals surface area contributed by atoms with Gasteiger partial charge in [0.15, 0.2) is 0 Å². The molecule has 0 aromatic carbocycles. The molecule has 4 heteroatoms. The summed E-state index contributed by atoms with van der Waals surface area (Å²) in [5.41, 5.74) is 0.0386. The van der Waals surface area contributed by atoms with Crippen molar-refractivity contribution in [2.45, 2.75) is 45.6 Å². The van der Waals surface area contributed by atoms with Crippen molar-refractivity contribution in [3.63, 3.8) is 0 Å². The van der Waals surface area contributed by atoms with E-state index in [1.54, 1.807) is 6.08 Å². The summed E-state index contributed by atoms with van der Waals surface area (Å²) in [6, 6.07) is 0. The zero-order valence-electron chi connectivity index (χ0n) is 11.4. The molecule has 2 atom stereocenters. The summed E-state index contributed by atoms with van der Waals surface area (Å²) in [5, 5.41) is 4.18. The number of carbonyl (C=O) groups excluding carboxylic acids is 1. The van der Waals surface area contributed by atoms with E-state index in [0.29, 0.717) is 6.42 Å². The van der Waals surface area contributed by atoms with Gasteiger partial charge in [0.1, 0.15) is 6.61 Å². The highest BCUT2D eigenvalue weighted by Gasteiger charge is 2.60. The Hall–Kier alpha value is -1.32. The summed E-state index contributed by atoms with van der Waals surface area (Å²) in [6.45, 7) is 10.1. The smallest absolute Gasteiger partial charge is 0.354 e. The Balaban J connectivity index is 2.20. The Bertz CT molecular complexity index is 394. The lowest BCUT2D eigenvalue weighted by Crippen LogP contribution is -2.45. The van der Waals surface area contributed by atoms with Crippen LogP contribution in [0.5, 0.6) is 0 Å². The number of hydrogen-bond acceptors (Lipinski definition) is 4. The van der Waals surface area contributed by atoms with E-state index >= 15 is 0 Å². The number of fused-ring (bicyclic) bond motifs is 1. The molecule has 0 aromatic heterocycles. The summed E-state index contributed by atoms with van der Waals surface area (Å²) in [6.07, 6.45) is 4.18. The van der Waals surface area contributed by atoms with Gasteiger partial charge in [0.2, 0.25) is 5.60 Å². The molecule has 1 heterocycles. The standard InChI is InChI=1S/C14H21NO3/c1-5-9-17-12(16)14-8-6-7-10(14)11(15-18-14)13(2,3)4/h5,10H,1,6-9H2,2-4H3. The van der Waals surface area contributed by atoms with Crippen LogP contribution in [-0.2, 0) is 14.4 Å². The number of rotatable bonds is 3. The predicted octanol–water partition coefficient (Wildman–Crippen LogP) is 2.69. The number of oxime groups is 1. The predicted molar refractivity (Wildman–Crippen MR) is 69.2 cm³/mol. The first kappa shape index (κ1) is 13.1. The molecule has 18 heavy (non-hydrogen) atoms. The van der Waals surface area contributed by atoms with Crippen molar-refractivity contribution < 1.29 is 14.4 Å². The highest BCUT2D eigenvalue weighted by atomic mass is 16.7. The van der Waals surface area contributed by atoms with Gasteiger partial charge in [-0.25, -0.2) is 4.79 Å². The molecule has 1 fully saturated rings. The second-order valence-electron chi connectivity index (χ2n) is 6.04. The lowest BCUT2D eigenvalue weighted by atomic mass is 9.76. The van der Waals surface area contributed by atoms with Crippen LogP contribution in [0.3, 0.4) is 0 Å². The molecule has 0 radical (unpaired) electrons. The van der Waals surface area contributed by atoms with Gasteiger partial charge in [-0.05, 0) is 12.8 Å². The van der Waals surface area contributed by atoms with Crippen LogP contribution in [0.2, 0.25) is 0 Å². The quantitative estimate of drug-likeness (QED) is 0.572. The largest absolute Gasteiger partial charge is 0.458 e. The van der Waals surface area contributed by atoms with Crippen LogP contribution in [0.4, 0.5) is 0 Å². The third-order valence-electron chi connectivity index (χ3n) is 3.69. The van der Waals surface area contributed by atoms with Crippen molar-refractivity contribution >= 4 is 11.7 Å². The van der Waals surface area contributed by atoms with Gasteiger partial charge < -0.3 is 9.57 Å². The second kappa shape index (κ2) is 4.41. The minimum atomic E-state index is -0.869. The molecular weight excluding hydrogens is 230 g/mol. The second-order valence-corrected chi connectivity index (χ2v) is 6.04. The first-order chi connectivity index (χ1) is 8.42. The first-order valence-electron chi connectivity index (χ1n) is 6.46. The van der Waals surface area contributed by atoms with Gasteiger partial charge in [-0.3, -0.25) is 0 Å². The van der Waals surface area contributed by atoms with E-state index in [1.165, 1.54) is 0 Å². The Kier molecular flexibility index (Phi) is 3.21. The molecule has 1 aliphatic carbocycles. The summed E-state index contributed by atoms with van der Waals surface area (Å²) in [7, 11) is 0. The van der Waals surface area contributed by atoms with E-state index in [-0.39, 0.29) is 23.9 Å². The Morgan fingerprint density at radius 1 is 1.67 bits per heavy atom. The lowest BCUT2D eigenvalue weighted by Gasteiger charge is -2.27. The molecule has 0 amide bonds. The van der Waals surface area contributed by atoms with Gasteiger partial charge in [0, 0.05) is 11.8 Å². The Morgan fingerprint density at radius 3 is 3.00 bits per heavy atom. The van der Waals surface area contributed by atoms with Crippen LogP contribution in [0.15, 0.2) is 17.8 Å². The molecule has 0 aromatic rings. The topological polar surface area (TPSA) is 47.9 Å². The maximum Gasteiger partial charge on any atom is 0.354 e. The summed E-state index contributed by atoms with van der Waals surface area (Å²) in [5.74, 6) is -0.234. The van der Waals surface area contributed by atoms with Crippen LogP contribution in [-0.4, -0.2) is 23.9 Å². The average Bonchev–Trinajstić information content (AvgIpc) is 2.82. The molecular formula is C14H21NO3. The van der Waals surface area contributed by atoms with Crippen molar-refractivity contribution in [2.75, 3.05) is 6.61 Å². The van der Waals surface area contributed by atoms with Crippen molar-refractivity contribution in [2.24, 2.45) is 16.5 Å². The minimum Gasteiger partial charge on any atom is -0.458 e. The van der Waals surface area contributed by atoms with Gasteiger partial charge in [-0.15, -0.1) is 0 Å². The molecule has 0 saturated heterocycles. The van der Waals surface area contributed by atoms with E-state index in [1.807, 2.05) is 0 Å². The number of ether oxygens (including phenoxy) is 1. The van der Waals surface area contributed by atoms with E-state index in [9.17, 15) is 4.79 Å². The van der Waals surface area contributed by atoms with Crippen molar-refractivity contribution in [3.8, 4) is 0 Å². The highest BCUT2D eigenvalue weighted by Crippen LogP contribution is 2.48. The Morgan fingerprint density at radius 2 is 2.39 bits per heavy atom. The molecule has 2 unspecified atom stereocenters. The van der Waals surface area contributed by atoms with E-state index in [4.69, 9.17) is 9.57 Å². The molecule has 0 bridgehead atoms. The first-order valence-corrected chi connectivity index (χ1v) is 6.46. The normalized spacial score (nSPS) is 30.4. The zero-order chi connectivity index (χ0) is 13.4. The van der Waals surface area contributed by atoms with Gasteiger partial charge in [-0.1, -0.05) is 38.6 Å². The van der Waals surface area contributed by atoms with Gasteiger partial charge >= 0.3 is 5.97 Å². The van der Waals surface area contributed by atoms with Gasteiger partial charge in [0.05, 0.1) is 11.6 Å². The van der Waals surface area contributed by atoms with Gasteiger partial charge in [0.25, 0.3) is 0 Å². The van der Waals surface area contributed by atoms with Crippen LogP contribution in [0.1, 0.15) is 40.0 Å². The van der Waals surface area contributed by atoms with Crippen LogP contribution >= 0.6 is 0 Å². The van der Waals surface area contributed by atoms with Crippen LogP contribution < -0.4 is 0 Å². The van der Waals surface area contributed by atoms with Gasteiger partial charge in [-0.2, -0.15) is 0 Å². The minimum absolute atomic E-state index is 0.0646. The fourth-order valence-corrected chi connectivity index (χ4v) is 2.84. The van der Waals surface area contributed by atoms with E-state index in [0.717, 1.165) is 18.6 Å². The SMILES string of the molecule is C=CCOC(=O)C12CCCC1C(C(C)(C)C)=NO2. The van der Waals surface area contributed by atoms with Crippen molar-refractivity contribution in [1.29, 1.82) is 0 Å². The lowest BCUT2D eigenvalue weighted by molar-refractivity contribution is -0.170. The number of carbonyl (C=O) groups is 1. The highest BCUT2D eigenvalue weighted by molar-refractivity contribution is 5.99. The summed E-state index contributed by atoms with van der Waals surface area (Å²) < 4.78 is 5.19. The maximum atomic E-state index is 12.2. The van der Waals surface area contributed by atoms with Crippen LogP contribution in [0, 0.1) is 11.3 Å². The average molecular weight is 251 g/mol. The van der Waals surface area contributed by atoms with E-state index in [2.05, 4.69) is 32.5 Å². The fourth-order valence-electron chi connectivity index (χ4n) is 2.84. The molecule has 4 nitrogen and oxygen atoms in total. The summed E-state index contributed by atoms with van der Waals surface area (Å²) in [4.78, 5) is 17.8. The molecule has 2 aliphatic rings. The molecule has 2 rings (SSSR count). The third-order valence-corrected chi connectivity index (χ3v) is 3.69. The molecule has 100 valence electrons. The third kappa shape index (κ3) is 1.93. The van der Waals surface area contributed by atoms with Crippen molar-refractivity contribution in [1.82, 2.24) is 0 Å². The van der Waals surface area contributed by atoms with E-state index < -0.39 is 5.60 Å². The van der Waals surface area contributed by atoms with Crippen molar-refractivity contribution in [3.05, 3.63) is 12.7 Å². The zero-order valence-corrected chi connectivity index (χ0v) is 11.4. The number of nitrogens with zero attached hydrogens (tertiary/aromatic N) is 1. The maximum absolute atomic E-state index is 12.2. The number of hydrogen-bond donors (Lipinski definition) is 0. The monoisotopic (exact) mass is 251 g/mol. The number of esters is 1. The van der Waals surface area contributed by atoms with Crippen LogP contribution in [0.25, 0.3) is 0 Å². The molecule has 0 N–H and O–H groups in total.